The lowest BCUT2D eigenvalue weighted by molar-refractivity contribution is -0.116. The van der Waals surface area contributed by atoms with Gasteiger partial charge in [-0.15, -0.1) is 0 Å². The number of hydrogen-bond acceptors (Lipinski definition) is 5. The summed E-state index contributed by atoms with van der Waals surface area (Å²) in [7, 11) is 1.36. The minimum Gasteiger partial charge on any atom is -0.493 e. The van der Waals surface area contributed by atoms with E-state index >= 15 is 0 Å². The van der Waals surface area contributed by atoms with E-state index in [9.17, 15) is 13.6 Å². The van der Waals surface area contributed by atoms with Crippen molar-refractivity contribution >= 4 is 12.0 Å². The van der Waals surface area contributed by atoms with Gasteiger partial charge in [-0.05, 0) is 23.8 Å². The molecule has 6 nitrogen and oxygen atoms in total. The van der Waals surface area contributed by atoms with Gasteiger partial charge >= 0.3 is 6.61 Å². The third-order valence-corrected chi connectivity index (χ3v) is 3.66. The molecule has 25 heavy (non-hydrogen) atoms. The van der Waals surface area contributed by atoms with Crippen molar-refractivity contribution < 1.29 is 27.8 Å². The highest BCUT2D eigenvalue weighted by atomic mass is 19.3. The summed E-state index contributed by atoms with van der Waals surface area (Å²) < 4.78 is 39.2. The molecule has 0 aliphatic carbocycles. The molecule has 1 saturated heterocycles. The van der Waals surface area contributed by atoms with Crippen LogP contribution >= 0.6 is 0 Å². The van der Waals surface area contributed by atoms with Crippen molar-refractivity contribution in [3.05, 3.63) is 29.8 Å². The van der Waals surface area contributed by atoms with Crippen molar-refractivity contribution in [3.8, 4) is 11.5 Å². The van der Waals surface area contributed by atoms with Gasteiger partial charge in [0.15, 0.2) is 11.5 Å². The molecule has 0 radical (unpaired) electrons. The van der Waals surface area contributed by atoms with Crippen LogP contribution in [0.5, 0.6) is 11.5 Å². The van der Waals surface area contributed by atoms with Crippen molar-refractivity contribution in [1.29, 1.82) is 0 Å². The summed E-state index contributed by atoms with van der Waals surface area (Å²) in [5.74, 6) is -0.0973. The fraction of sp³-hybridized carbons (Fsp3) is 0.471. The van der Waals surface area contributed by atoms with E-state index in [1.165, 1.54) is 25.3 Å². The molecule has 1 aliphatic heterocycles. The topological polar surface area (TPSA) is 60.0 Å². The van der Waals surface area contributed by atoms with E-state index < -0.39 is 6.61 Å². The van der Waals surface area contributed by atoms with E-state index in [1.807, 2.05) is 0 Å². The molecule has 1 heterocycles. The van der Waals surface area contributed by atoms with Gasteiger partial charge in [-0.25, -0.2) is 0 Å². The van der Waals surface area contributed by atoms with Crippen LogP contribution in [-0.2, 0) is 9.53 Å². The van der Waals surface area contributed by atoms with Crippen molar-refractivity contribution in [1.82, 2.24) is 10.2 Å². The maximum Gasteiger partial charge on any atom is 0.387 e. The van der Waals surface area contributed by atoms with Gasteiger partial charge in [0.2, 0.25) is 5.91 Å². The number of rotatable bonds is 8. The lowest BCUT2D eigenvalue weighted by Crippen LogP contribution is -2.41. The fourth-order valence-electron chi connectivity index (χ4n) is 2.37. The maximum absolute atomic E-state index is 12.3. The highest BCUT2D eigenvalue weighted by Gasteiger charge is 2.11. The number of halogens is 2. The van der Waals surface area contributed by atoms with Crippen LogP contribution in [0.15, 0.2) is 24.3 Å². The number of ether oxygens (including phenoxy) is 3. The predicted octanol–water partition coefficient (Wildman–Crippen LogP) is 1.76. The molecular weight excluding hydrogens is 334 g/mol. The van der Waals surface area contributed by atoms with E-state index in [1.54, 1.807) is 12.1 Å². The van der Waals surface area contributed by atoms with Gasteiger partial charge in [-0.2, -0.15) is 8.78 Å². The molecule has 0 bridgehead atoms. The number of morpholine rings is 1. The third kappa shape index (κ3) is 6.67. The molecule has 0 spiro atoms. The van der Waals surface area contributed by atoms with Gasteiger partial charge < -0.3 is 19.5 Å². The Balaban J connectivity index is 1.82. The Labute approximate surface area is 145 Å². The zero-order chi connectivity index (χ0) is 18.1. The van der Waals surface area contributed by atoms with Gasteiger partial charge in [-0.3, -0.25) is 9.69 Å². The summed E-state index contributed by atoms with van der Waals surface area (Å²) in [5, 5.41) is 2.80. The Morgan fingerprint density at radius 3 is 2.80 bits per heavy atom. The number of carbonyl (C=O) groups is 1. The zero-order valence-corrected chi connectivity index (χ0v) is 14.0. The fourth-order valence-corrected chi connectivity index (χ4v) is 2.37. The van der Waals surface area contributed by atoms with Crippen LogP contribution < -0.4 is 14.8 Å². The first kappa shape index (κ1) is 19.1. The molecule has 1 amide bonds. The Bertz CT molecular complexity index is 590. The minimum absolute atomic E-state index is 0.0513. The second-order valence-electron chi connectivity index (χ2n) is 5.37. The largest absolute Gasteiger partial charge is 0.493 e. The Hall–Kier alpha value is -2.19. The predicted molar refractivity (Wildman–Crippen MR) is 88.9 cm³/mol. The molecule has 138 valence electrons. The molecule has 1 aromatic carbocycles. The van der Waals surface area contributed by atoms with Crippen molar-refractivity contribution in [3.63, 3.8) is 0 Å². The van der Waals surface area contributed by atoms with E-state index in [-0.39, 0.29) is 17.4 Å². The Morgan fingerprint density at radius 2 is 2.12 bits per heavy atom. The number of alkyl halides is 2. The van der Waals surface area contributed by atoms with Crippen LogP contribution in [-0.4, -0.2) is 63.9 Å². The molecule has 1 fully saturated rings. The quantitative estimate of drug-likeness (QED) is 0.720. The molecule has 0 unspecified atom stereocenters. The summed E-state index contributed by atoms with van der Waals surface area (Å²) in [5.41, 5.74) is 0.641. The van der Waals surface area contributed by atoms with Crippen molar-refractivity contribution in [2.24, 2.45) is 0 Å². The maximum atomic E-state index is 12.3. The average Bonchev–Trinajstić information content (AvgIpc) is 2.61. The number of methoxy groups -OCH3 is 1. The number of carbonyl (C=O) groups excluding carboxylic acids is 1. The summed E-state index contributed by atoms with van der Waals surface area (Å²) in [6.45, 7) is 1.59. The average molecular weight is 356 g/mol. The van der Waals surface area contributed by atoms with Crippen LogP contribution in [0, 0.1) is 0 Å². The first-order valence-corrected chi connectivity index (χ1v) is 7.97. The molecule has 8 heteroatoms. The smallest absolute Gasteiger partial charge is 0.387 e. The SMILES string of the molecule is COc1cc(/C=C/C(=O)NCCN2CCOCC2)ccc1OC(F)F. The Morgan fingerprint density at radius 1 is 1.36 bits per heavy atom. The first-order chi connectivity index (χ1) is 12.1. The molecule has 2 rings (SSSR count). The van der Waals surface area contributed by atoms with Crippen LogP contribution in [0.1, 0.15) is 5.56 Å². The van der Waals surface area contributed by atoms with Crippen molar-refractivity contribution in [2.45, 2.75) is 6.61 Å². The summed E-state index contributed by atoms with van der Waals surface area (Å²) in [6, 6.07) is 4.47. The highest BCUT2D eigenvalue weighted by Crippen LogP contribution is 2.29. The van der Waals surface area contributed by atoms with Crippen LogP contribution in [0.3, 0.4) is 0 Å². The zero-order valence-electron chi connectivity index (χ0n) is 14.0. The van der Waals surface area contributed by atoms with Crippen molar-refractivity contribution in [2.75, 3.05) is 46.5 Å². The number of hydrogen-bond donors (Lipinski definition) is 1. The molecular formula is C17H22F2N2O4. The van der Waals surface area contributed by atoms with Crippen LogP contribution in [0.4, 0.5) is 8.78 Å². The molecule has 0 aromatic heterocycles. The minimum atomic E-state index is -2.92. The van der Waals surface area contributed by atoms with Crippen LogP contribution in [0.25, 0.3) is 6.08 Å². The lowest BCUT2D eigenvalue weighted by atomic mass is 10.2. The number of amides is 1. The van der Waals surface area contributed by atoms with Gasteiger partial charge in [-0.1, -0.05) is 6.07 Å². The lowest BCUT2D eigenvalue weighted by Gasteiger charge is -2.26. The van der Waals surface area contributed by atoms with Crippen LogP contribution in [0.2, 0.25) is 0 Å². The molecule has 1 N–H and O–H groups in total. The number of benzene rings is 1. The Kier molecular flexibility index (Phi) is 7.62. The highest BCUT2D eigenvalue weighted by molar-refractivity contribution is 5.91. The molecule has 1 aromatic rings. The summed E-state index contributed by atoms with van der Waals surface area (Å²) in [6.07, 6.45) is 2.97. The van der Waals surface area contributed by atoms with E-state index in [0.717, 1.165) is 32.8 Å². The molecule has 0 atom stereocenters. The molecule has 1 aliphatic rings. The van der Waals surface area contributed by atoms with Gasteiger partial charge in [0, 0.05) is 32.3 Å². The third-order valence-electron chi connectivity index (χ3n) is 3.66. The summed E-state index contributed by atoms with van der Waals surface area (Å²) in [4.78, 5) is 14.1. The van der Waals surface area contributed by atoms with E-state index in [0.29, 0.717) is 12.1 Å². The standard InChI is InChI=1S/C17H22F2N2O4/c1-23-15-12-13(2-4-14(15)25-17(18)19)3-5-16(22)20-6-7-21-8-10-24-11-9-21/h2-5,12,17H,6-11H2,1H3,(H,20,22)/b5-3+. The second kappa shape index (κ2) is 9.95. The number of nitrogens with zero attached hydrogens (tertiary/aromatic N) is 1. The second-order valence-corrected chi connectivity index (χ2v) is 5.37. The number of nitrogens with one attached hydrogen (secondary N) is 1. The monoisotopic (exact) mass is 356 g/mol. The van der Waals surface area contributed by atoms with Gasteiger partial charge in [0.05, 0.1) is 20.3 Å². The normalized spacial score (nSPS) is 15.5. The van der Waals surface area contributed by atoms with Gasteiger partial charge in [0.25, 0.3) is 0 Å². The first-order valence-electron chi connectivity index (χ1n) is 7.97. The molecule has 0 saturated carbocycles. The van der Waals surface area contributed by atoms with Gasteiger partial charge in [0.1, 0.15) is 0 Å². The summed E-state index contributed by atoms with van der Waals surface area (Å²) >= 11 is 0. The van der Waals surface area contributed by atoms with E-state index in [4.69, 9.17) is 9.47 Å². The van der Waals surface area contributed by atoms with E-state index in [2.05, 4.69) is 15.0 Å².